The number of benzene rings is 1. The van der Waals surface area contributed by atoms with Crippen LogP contribution in [0.3, 0.4) is 0 Å². The van der Waals surface area contributed by atoms with Gasteiger partial charge in [0, 0.05) is 17.3 Å². The SMILES string of the molecule is Cc1cc(NS(=O)(=O)CC2CCCNC2)ccc1[N+](=O)[O-]. The van der Waals surface area contributed by atoms with Crippen LogP contribution in [0.5, 0.6) is 0 Å². The Labute approximate surface area is 123 Å². The highest BCUT2D eigenvalue weighted by Gasteiger charge is 2.21. The Balaban J connectivity index is 2.05. The highest BCUT2D eigenvalue weighted by atomic mass is 32.2. The summed E-state index contributed by atoms with van der Waals surface area (Å²) in [6.07, 6.45) is 1.88. The number of rotatable bonds is 5. The first-order valence-electron chi connectivity index (χ1n) is 6.83. The maximum absolute atomic E-state index is 12.1. The van der Waals surface area contributed by atoms with Gasteiger partial charge in [0.25, 0.3) is 5.69 Å². The average molecular weight is 313 g/mol. The average Bonchev–Trinajstić information content (AvgIpc) is 2.38. The van der Waals surface area contributed by atoms with Crippen molar-refractivity contribution < 1.29 is 13.3 Å². The molecule has 0 aliphatic carbocycles. The number of nitrogens with one attached hydrogen (secondary N) is 2. The molecular formula is C13H19N3O4S. The van der Waals surface area contributed by atoms with Crippen LogP contribution in [0.2, 0.25) is 0 Å². The fourth-order valence-corrected chi connectivity index (χ4v) is 4.00. The minimum absolute atomic E-state index is 0.0190. The number of nitro groups is 1. The van der Waals surface area contributed by atoms with E-state index in [0.29, 0.717) is 17.8 Å². The Morgan fingerprint density at radius 1 is 1.48 bits per heavy atom. The predicted molar refractivity (Wildman–Crippen MR) is 80.8 cm³/mol. The number of sulfonamides is 1. The van der Waals surface area contributed by atoms with E-state index >= 15 is 0 Å². The monoisotopic (exact) mass is 313 g/mol. The van der Waals surface area contributed by atoms with Gasteiger partial charge in [0.2, 0.25) is 10.0 Å². The summed E-state index contributed by atoms with van der Waals surface area (Å²) >= 11 is 0. The third kappa shape index (κ3) is 4.40. The molecule has 1 heterocycles. The van der Waals surface area contributed by atoms with Gasteiger partial charge in [-0.3, -0.25) is 14.8 Å². The molecule has 1 unspecified atom stereocenters. The smallest absolute Gasteiger partial charge is 0.272 e. The second kappa shape index (κ2) is 6.40. The molecule has 1 aromatic carbocycles. The number of aryl methyl sites for hydroxylation is 1. The highest BCUT2D eigenvalue weighted by molar-refractivity contribution is 7.92. The summed E-state index contributed by atoms with van der Waals surface area (Å²) in [5, 5.41) is 13.9. The summed E-state index contributed by atoms with van der Waals surface area (Å²) in [4.78, 5) is 10.3. The van der Waals surface area contributed by atoms with Gasteiger partial charge in [-0.2, -0.15) is 0 Å². The van der Waals surface area contributed by atoms with E-state index in [1.165, 1.54) is 18.2 Å². The Morgan fingerprint density at radius 2 is 2.24 bits per heavy atom. The number of nitrogens with zero attached hydrogens (tertiary/aromatic N) is 1. The maximum atomic E-state index is 12.1. The lowest BCUT2D eigenvalue weighted by Crippen LogP contribution is -2.35. The van der Waals surface area contributed by atoms with Gasteiger partial charge < -0.3 is 5.32 Å². The van der Waals surface area contributed by atoms with Crippen LogP contribution >= 0.6 is 0 Å². The fraction of sp³-hybridized carbons (Fsp3) is 0.538. The lowest BCUT2D eigenvalue weighted by atomic mass is 10.0. The number of anilines is 1. The molecule has 0 saturated carbocycles. The Kier molecular flexibility index (Phi) is 4.79. The summed E-state index contributed by atoms with van der Waals surface area (Å²) in [5.41, 5.74) is 0.774. The number of hydrogen-bond acceptors (Lipinski definition) is 5. The molecular weight excluding hydrogens is 294 g/mol. The van der Waals surface area contributed by atoms with Crippen LogP contribution in [0.15, 0.2) is 18.2 Å². The van der Waals surface area contributed by atoms with Gasteiger partial charge in [0.15, 0.2) is 0 Å². The molecule has 1 aliphatic rings. The first kappa shape index (κ1) is 15.7. The van der Waals surface area contributed by atoms with Crippen LogP contribution in [0.25, 0.3) is 0 Å². The topological polar surface area (TPSA) is 101 Å². The first-order chi connectivity index (χ1) is 9.87. The Hall–Kier alpha value is -1.67. The number of hydrogen-bond donors (Lipinski definition) is 2. The Morgan fingerprint density at radius 3 is 2.81 bits per heavy atom. The first-order valence-corrected chi connectivity index (χ1v) is 8.49. The molecule has 21 heavy (non-hydrogen) atoms. The lowest BCUT2D eigenvalue weighted by molar-refractivity contribution is -0.385. The van der Waals surface area contributed by atoms with Gasteiger partial charge in [-0.15, -0.1) is 0 Å². The molecule has 0 aromatic heterocycles. The van der Waals surface area contributed by atoms with Gasteiger partial charge in [0.1, 0.15) is 0 Å². The quantitative estimate of drug-likeness (QED) is 0.635. The second-order valence-electron chi connectivity index (χ2n) is 5.35. The molecule has 0 radical (unpaired) electrons. The Bertz CT molecular complexity index is 624. The maximum Gasteiger partial charge on any atom is 0.272 e. The van der Waals surface area contributed by atoms with Gasteiger partial charge in [-0.1, -0.05) is 0 Å². The second-order valence-corrected chi connectivity index (χ2v) is 7.12. The van der Waals surface area contributed by atoms with E-state index < -0.39 is 14.9 Å². The minimum Gasteiger partial charge on any atom is -0.316 e. The standard InChI is InChI=1S/C13H19N3O4S/c1-10-7-12(4-5-13(10)16(17)18)15-21(19,20)9-11-3-2-6-14-8-11/h4-5,7,11,14-15H,2-3,6,8-9H2,1H3. The number of piperidine rings is 1. The van der Waals surface area contributed by atoms with Gasteiger partial charge >= 0.3 is 0 Å². The van der Waals surface area contributed by atoms with E-state index in [0.717, 1.165) is 19.4 Å². The van der Waals surface area contributed by atoms with E-state index in [1.807, 2.05) is 0 Å². The van der Waals surface area contributed by atoms with Crippen LogP contribution in [0.4, 0.5) is 11.4 Å². The van der Waals surface area contributed by atoms with Gasteiger partial charge in [-0.25, -0.2) is 8.42 Å². The summed E-state index contributed by atoms with van der Waals surface area (Å²) in [6.45, 7) is 3.23. The molecule has 1 aromatic rings. The van der Waals surface area contributed by atoms with E-state index in [4.69, 9.17) is 0 Å². The molecule has 8 heteroatoms. The largest absolute Gasteiger partial charge is 0.316 e. The minimum atomic E-state index is -3.44. The van der Waals surface area contributed by atoms with Crippen LogP contribution in [0.1, 0.15) is 18.4 Å². The lowest BCUT2D eigenvalue weighted by Gasteiger charge is -2.22. The van der Waals surface area contributed by atoms with Crippen molar-refractivity contribution in [1.82, 2.24) is 5.32 Å². The molecule has 2 rings (SSSR count). The summed E-state index contributed by atoms with van der Waals surface area (Å²) in [5.74, 6) is 0.172. The molecule has 2 N–H and O–H groups in total. The van der Waals surface area contributed by atoms with E-state index in [9.17, 15) is 18.5 Å². The van der Waals surface area contributed by atoms with Gasteiger partial charge in [-0.05, 0) is 50.9 Å². The molecule has 7 nitrogen and oxygen atoms in total. The summed E-state index contributed by atoms with van der Waals surface area (Å²) < 4.78 is 26.7. The van der Waals surface area contributed by atoms with Crippen molar-refractivity contribution in [3.63, 3.8) is 0 Å². The van der Waals surface area contributed by atoms with Crippen LogP contribution in [-0.2, 0) is 10.0 Å². The van der Waals surface area contributed by atoms with Crippen molar-refractivity contribution in [2.45, 2.75) is 19.8 Å². The van der Waals surface area contributed by atoms with E-state index in [2.05, 4.69) is 10.0 Å². The molecule has 1 aliphatic heterocycles. The van der Waals surface area contributed by atoms with Gasteiger partial charge in [0.05, 0.1) is 10.7 Å². The van der Waals surface area contributed by atoms with Crippen molar-refractivity contribution in [2.75, 3.05) is 23.6 Å². The van der Waals surface area contributed by atoms with E-state index in [-0.39, 0.29) is 17.4 Å². The molecule has 0 amide bonds. The molecule has 116 valence electrons. The zero-order valence-electron chi connectivity index (χ0n) is 11.8. The molecule has 1 atom stereocenters. The third-order valence-corrected chi connectivity index (χ3v) is 4.98. The third-order valence-electron chi connectivity index (χ3n) is 3.52. The van der Waals surface area contributed by atoms with Crippen LogP contribution in [-0.4, -0.2) is 32.2 Å². The van der Waals surface area contributed by atoms with E-state index in [1.54, 1.807) is 6.92 Å². The van der Waals surface area contributed by atoms with Crippen molar-refractivity contribution in [1.29, 1.82) is 0 Å². The normalized spacial score (nSPS) is 19.2. The molecule has 0 spiro atoms. The zero-order chi connectivity index (χ0) is 15.5. The van der Waals surface area contributed by atoms with Crippen molar-refractivity contribution in [3.05, 3.63) is 33.9 Å². The van der Waals surface area contributed by atoms with Crippen LogP contribution < -0.4 is 10.0 Å². The summed E-state index contributed by atoms with van der Waals surface area (Å²) in [6, 6.07) is 4.21. The zero-order valence-corrected chi connectivity index (χ0v) is 12.6. The van der Waals surface area contributed by atoms with Crippen LogP contribution in [0, 0.1) is 23.0 Å². The highest BCUT2D eigenvalue weighted by Crippen LogP contribution is 2.23. The van der Waals surface area contributed by atoms with Crippen molar-refractivity contribution >= 4 is 21.4 Å². The van der Waals surface area contributed by atoms with Crippen molar-refractivity contribution in [2.24, 2.45) is 5.92 Å². The summed E-state index contributed by atoms with van der Waals surface area (Å²) in [7, 11) is -3.44. The number of nitro benzene ring substituents is 1. The van der Waals surface area contributed by atoms with Crippen molar-refractivity contribution in [3.8, 4) is 0 Å². The molecule has 0 bridgehead atoms. The fourth-order valence-electron chi connectivity index (χ4n) is 2.52. The molecule has 1 fully saturated rings. The predicted octanol–water partition coefficient (Wildman–Crippen LogP) is 1.64. The molecule has 1 saturated heterocycles.